The highest BCUT2D eigenvalue weighted by Gasteiger charge is 2.19. The Morgan fingerprint density at radius 2 is 0.695 bits per heavy atom. The average molecular weight is 827 g/mol. The zero-order valence-electron chi connectivity index (χ0n) is 39.0. The Bertz CT molecular complexity index is 1040. The van der Waals surface area contributed by atoms with Crippen LogP contribution in [0.4, 0.5) is 0 Å². The molecule has 342 valence electrons. The summed E-state index contributed by atoms with van der Waals surface area (Å²) in [5.74, 6) is -0.903. The van der Waals surface area contributed by atoms with Crippen LogP contribution in [0.1, 0.15) is 252 Å². The lowest BCUT2D eigenvalue weighted by Crippen LogP contribution is -2.30. The Balaban J connectivity index is 4.35. The van der Waals surface area contributed by atoms with Crippen LogP contribution >= 0.6 is 0 Å². The van der Waals surface area contributed by atoms with Gasteiger partial charge < -0.3 is 14.2 Å². The second-order valence-corrected chi connectivity index (χ2v) is 16.7. The van der Waals surface area contributed by atoms with Crippen LogP contribution in [0.5, 0.6) is 0 Å². The van der Waals surface area contributed by atoms with Crippen molar-refractivity contribution in [3.63, 3.8) is 0 Å². The highest BCUT2D eigenvalue weighted by molar-refractivity contribution is 5.71. The van der Waals surface area contributed by atoms with Gasteiger partial charge in [0.05, 0.1) is 0 Å². The standard InChI is InChI=1S/C53H94O6/c1-4-7-10-13-16-19-22-24-26-28-29-31-34-37-40-43-46-52(55)58-49-50(48-57-51(54)45-42-39-36-33-21-18-15-12-9-6-3)59-53(56)47-44-41-38-35-32-30-27-25-23-20-17-14-11-8-5-2/h8,11-12,15,17,20,25,27,50H,4-7,9-10,13-14,16,18-19,21-24,26,28-49H2,1-3H3/b11-8-,15-12-,20-17-,27-25-. The van der Waals surface area contributed by atoms with Gasteiger partial charge in [0.15, 0.2) is 6.10 Å². The molecular formula is C53H94O6. The van der Waals surface area contributed by atoms with E-state index in [-0.39, 0.29) is 31.1 Å². The van der Waals surface area contributed by atoms with Crippen molar-refractivity contribution in [3.8, 4) is 0 Å². The van der Waals surface area contributed by atoms with Crippen molar-refractivity contribution in [1.29, 1.82) is 0 Å². The van der Waals surface area contributed by atoms with E-state index in [2.05, 4.69) is 69.4 Å². The van der Waals surface area contributed by atoms with E-state index >= 15 is 0 Å². The first-order valence-electron chi connectivity index (χ1n) is 25.1. The van der Waals surface area contributed by atoms with E-state index < -0.39 is 6.10 Å². The van der Waals surface area contributed by atoms with Crippen molar-refractivity contribution in [2.24, 2.45) is 0 Å². The van der Waals surface area contributed by atoms with E-state index in [4.69, 9.17) is 14.2 Å². The molecule has 6 nitrogen and oxygen atoms in total. The molecule has 0 aliphatic carbocycles. The smallest absolute Gasteiger partial charge is 0.306 e. The highest BCUT2D eigenvalue weighted by Crippen LogP contribution is 2.15. The van der Waals surface area contributed by atoms with Gasteiger partial charge in [-0.25, -0.2) is 0 Å². The molecule has 0 aromatic heterocycles. The number of hydrogen-bond donors (Lipinski definition) is 0. The lowest BCUT2D eigenvalue weighted by molar-refractivity contribution is -0.167. The fourth-order valence-corrected chi connectivity index (χ4v) is 7.05. The molecule has 0 N–H and O–H groups in total. The number of esters is 3. The van der Waals surface area contributed by atoms with Gasteiger partial charge in [0.1, 0.15) is 13.2 Å². The third kappa shape index (κ3) is 46.3. The fraction of sp³-hybridized carbons (Fsp3) is 0.792. The van der Waals surface area contributed by atoms with Gasteiger partial charge in [-0.2, -0.15) is 0 Å². The van der Waals surface area contributed by atoms with Gasteiger partial charge >= 0.3 is 17.9 Å². The van der Waals surface area contributed by atoms with Gasteiger partial charge in [0, 0.05) is 19.3 Å². The monoisotopic (exact) mass is 827 g/mol. The van der Waals surface area contributed by atoms with E-state index in [0.717, 1.165) is 109 Å². The number of carbonyl (C=O) groups excluding carboxylic acids is 3. The molecule has 0 aliphatic rings. The molecule has 0 saturated heterocycles. The SMILES string of the molecule is CC/C=C\C/C=C\C/C=C\CCCCCCCC(=O)OC(COC(=O)CCCCCCC/C=C\CCC)COC(=O)CCCCCCCCCCCCCCCCCC. The van der Waals surface area contributed by atoms with E-state index in [1.54, 1.807) is 0 Å². The van der Waals surface area contributed by atoms with Crippen LogP contribution in [0.2, 0.25) is 0 Å². The summed E-state index contributed by atoms with van der Waals surface area (Å²) < 4.78 is 16.7. The molecule has 0 fully saturated rings. The maximum absolute atomic E-state index is 12.8. The van der Waals surface area contributed by atoms with Crippen molar-refractivity contribution in [2.75, 3.05) is 13.2 Å². The molecule has 59 heavy (non-hydrogen) atoms. The largest absolute Gasteiger partial charge is 0.462 e. The topological polar surface area (TPSA) is 78.9 Å². The van der Waals surface area contributed by atoms with Crippen LogP contribution in [0.15, 0.2) is 48.6 Å². The summed E-state index contributed by atoms with van der Waals surface area (Å²) in [5, 5.41) is 0. The molecular weight excluding hydrogens is 733 g/mol. The van der Waals surface area contributed by atoms with E-state index in [1.807, 2.05) is 0 Å². The summed E-state index contributed by atoms with van der Waals surface area (Å²) in [7, 11) is 0. The van der Waals surface area contributed by atoms with Crippen molar-refractivity contribution in [2.45, 2.75) is 258 Å². The van der Waals surface area contributed by atoms with Crippen molar-refractivity contribution >= 4 is 17.9 Å². The van der Waals surface area contributed by atoms with Gasteiger partial charge in [0.2, 0.25) is 0 Å². The third-order valence-electron chi connectivity index (χ3n) is 10.8. The molecule has 0 aromatic carbocycles. The summed E-state index contributed by atoms with van der Waals surface area (Å²) in [5.41, 5.74) is 0. The molecule has 0 bridgehead atoms. The lowest BCUT2D eigenvalue weighted by Gasteiger charge is -2.18. The first-order chi connectivity index (χ1) is 29.0. The number of allylic oxidation sites excluding steroid dienone is 8. The molecule has 0 aliphatic heterocycles. The van der Waals surface area contributed by atoms with E-state index in [9.17, 15) is 14.4 Å². The molecule has 6 heteroatoms. The molecule has 0 aromatic rings. The number of ether oxygens (including phenoxy) is 3. The first kappa shape index (κ1) is 56.4. The van der Waals surface area contributed by atoms with Gasteiger partial charge in [-0.1, -0.05) is 211 Å². The average Bonchev–Trinajstić information content (AvgIpc) is 3.23. The van der Waals surface area contributed by atoms with E-state index in [1.165, 1.54) is 103 Å². The quantitative estimate of drug-likeness (QED) is 0.0263. The van der Waals surface area contributed by atoms with Crippen LogP contribution in [0, 0.1) is 0 Å². The number of rotatable bonds is 45. The highest BCUT2D eigenvalue weighted by atomic mass is 16.6. The summed E-state index contributed by atoms with van der Waals surface area (Å²) in [6.45, 7) is 6.46. The second kappa shape index (κ2) is 48.0. The summed E-state index contributed by atoms with van der Waals surface area (Å²) >= 11 is 0. The van der Waals surface area contributed by atoms with Gasteiger partial charge in [-0.15, -0.1) is 0 Å². The lowest BCUT2D eigenvalue weighted by atomic mass is 10.0. The van der Waals surface area contributed by atoms with Crippen LogP contribution in [-0.2, 0) is 28.6 Å². The predicted molar refractivity (Wildman–Crippen MR) is 252 cm³/mol. The molecule has 0 saturated carbocycles. The van der Waals surface area contributed by atoms with Gasteiger partial charge in [-0.3, -0.25) is 14.4 Å². The fourth-order valence-electron chi connectivity index (χ4n) is 7.05. The normalized spacial score (nSPS) is 12.4. The molecule has 0 radical (unpaired) electrons. The summed E-state index contributed by atoms with van der Waals surface area (Å²) in [6.07, 6.45) is 56.7. The maximum Gasteiger partial charge on any atom is 0.306 e. The Morgan fingerprint density at radius 3 is 1.12 bits per heavy atom. The Morgan fingerprint density at radius 1 is 0.356 bits per heavy atom. The first-order valence-corrected chi connectivity index (χ1v) is 25.1. The molecule has 0 rings (SSSR count). The van der Waals surface area contributed by atoms with Crippen LogP contribution in [0.25, 0.3) is 0 Å². The third-order valence-corrected chi connectivity index (χ3v) is 10.8. The Labute approximate surface area is 365 Å². The Kier molecular flexibility index (Phi) is 45.9. The summed E-state index contributed by atoms with van der Waals surface area (Å²) in [4.78, 5) is 37.9. The van der Waals surface area contributed by atoms with Crippen LogP contribution in [-0.4, -0.2) is 37.2 Å². The second-order valence-electron chi connectivity index (χ2n) is 16.7. The number of unbranched alkanes of at least 4 members (excludes halogenated alkanes) is 26. The molecule has 0 amide bonds. The van der Waals surface area contributed by atoms with Crippen molar-refractivity contribution in [3.05, 3.63) is 48.6 Å². The van der Waals surface area contributed by atoms with Crippen LogP contribution in [0.3, 0.4) is 0 Å². The predicted octanol–water partition coefficient (Wildman–Crippen LogP) is 16.3. The molecule has 1 atom stereocenters. The molecule has 0 heterocycles. The van der Waals surface area contributed by atoms with E-state index in [0.29, 0.717) is 19.3 Å². The maximum atomic E-state index is 12.8. The van der Waals surface area contributed by atoms with Crippen molar-refractivity contribution < 1.29 is 28.6 Å². The molecule has 0 spiro atoms. The minimum absolute atomic E-state index is 0.0807. The Hall–Kier alpha value is -2.63. The molecule has 1 unspecified atom stereocenters. The van der Waals surface area contributed by atoms with Gasteiger partial charge in [-0.05, 0) is 70.6 Å². The van der Waals surface area contributed by atoms with Gasteiger partial charge in [0.25, 0.3) is 0 Å². The minimum Gasteiger partial charge on any atom is -0.462 e. The summed E-state index contributed by atoms with van der Waals surface area (Å²) in [6, 6.07) is 0. The minimum atomic E-state index is -0.781. The van der Waals surface area contributed by atoms with Crippen molar-refractivity contribution in [1.82, 2.24) is 0 Å². The number of carbonyl (C=O) groups is 3. The number of hydrogen-bond acceptors (Lipinski definition) is 6. The zero-order chi connectivity index (χ0) is 43.0. The zero-order valence-corrected chi connectivity index (χ0v) is 39.0. The van der Waals surface area contributed by atoms with Crippen LogP contribution < -0.4 is 0 Å².